The van der Waals surface area contributed by atoms with E-state index in [0.717, 1.165) is 15.0 Å². The molecule has 0 aromatic heterocycles. The van der Waals surface area contributed by atoms with Crippen molar-refractivity contribution in [3.8, 4) is 0 Å². The highest BCUT2D eigenvalue weighted by Crippen LogP contribution is 2.17. The van der Waals surface area contributed by atoms with E-state index in [9.17, 15) is 0 Å². The van der Waals surface area contributed by atoms with E-state index in [1.54, 1.807) is 0 Å². The van der Waals surface area contributed by atoms with Gasteiger partial charge in [0.1, 0.15) is 13.2 Å². The minimum Gasteiger partial charge on any atom is -0.473 e. The SMILES string of the molecule is C1=IC(OCc2ccccc2)=NC(OCc2ccccc2)=C1. The fraction of sp³-hybridized carbons (Fsp3) is 0.111. The summed E-state index contributed by atoms with van der Waals surface area (Å²) in [5.41, 5.74) is 2.28. The van der Waals surface area contributed by atoms with Crippen molar-refractivity contribution >= 4 is 28.6 Å². The van der Waals surface area contributed by atoms with Crippen LogP contribution in [0.3, 0.4) is 0 Å². The Morgan fingerprint density at radius 2 is 1.36 bits per heavy atom. The van der Waals surface area contributed by atoms with Crippen LogP contribution in [0.25, 0.3) is 0 Å². The zero-order chi connectivity index (χ0) is 15.0. The van der Waals surface area contributed by atoms with Gasteiger partial charge in [0, 0.05) is 6.08 Å². The molecule has 22 heavy (non-hydrogen) atoms. The standard InChI is InChI=1S/C18H16INO2/c1-3-7-15(8-4-1)13-21-17-11-12-19-18(20-17)22-14-16-9-5-2-6-10-16/h1-12H,13-14H2. The maximum atomic E-state index is 5.80. The summed E-state index contributed by atoms with van der Waals surface area (Å²) in [6.07, 6.45) is 1.94. The molecule has 1 aliphatic rings. The second kappa shape index (κ2) is 7.89. The number of hydrogen-bond acceptors (Lipinski definition) is 3. The molecule has 0 amide bonds. The van der Waals surface area contributed by atoms with E-state index in [4.69, 9.17) is 9.47 Å². The molecule has 0 saturated carbocycles. The van der Waals surface area contributed by atoms with Gasteiger partial charge in [-0.15, -0.1) is 0 Å². The molecule has 0 saturated heterocycles. The Kier molecular flexibility index (Phi) is 5.37. The first-order valence-corrected chi connectivity index (χ1v) is 9.31. The lowest BCUT2D eigenvalue weighted by Gasteiger charge is -2.11. The Morgan fingerprint density at radius 1 is 0.773 bits per heavy atom. The van der Waals surface area contributed by atoms with Crippen molar-refractivity contribution < 1.29 is 9.47 Å². The smallest absolute Gasteiger partial charge is 0.249 e. The fourth-order valence-electron chi connectivity index (χ4n) is 1.88. The van der Waals surface area contributed by atoms with Gasteiger partial charge < -0.3 is 9.47 Å². The van der Waals surface area contributed by atoms with Gasteiger partial charge in [-0.05, 0) is 35.9 Å². The van der Waals surface area contributed by atoms with Gasteiger partial charge in [0.2, 0.25) is 9.79 Å². The predicted octanol–water partition coefficient (Wildman–Crippen LogP) is 4.40. The molecule has 0 aliphatic carbocycles. The third-order valence-electron chi connectivity index (χ3n) is 2.99. The minimum atomic E-state index is -0.297. The molecule has 1 aliphatic heterocycles. The Balaban J connectivity index is 1.55. The summed E-state index contributed by atoms with van der Waals surface area (Å²) < 4.78 is 14.4. The number of rotatable bonds is 5. The van der Waals surface area contributed by atoms with Gasteiger partial charge in [-0.25, -0.2) is 0 Å². The van der Waals surface area contributed by atoms with Crippen molar-refractivity contribution in [1.29, 1.82) is 0 Å². The highest BCUT2D eigenvalue weighted by atomic mass is 127. The topological polar surface area (TPSA) is 30.8 Å². The maximum Gasteiger partial charge on any atom is 0.249 e. The van der Waals surface area contributed by atoms with Crippen LogP contribution in [0.4, 0.5) is 0 Å². The molecule has 0 bridgehead atoms. The molecule has 0 radical (unpaired) electrons. The second-order valence-electron chi connectivity index (χ2n) is 4.65. The largest absolute Gasteiger partial charge is 0.473 e. The van der Waals surface area contributed by atoms with Crippen LogP contribution in [0.15, 0.2) is 77.6 Å². The van der Waals surface area contributed by atoms with Crippen LogP contribution >= 0.6 is 20.7 Å². The van der Waals surface area contributed by atoms with Gasteiger partial charge in [0.05, 0.1) is 0 Å². The number of hydrogen-bond donors (Lipinski definition) is 0. The molecule has 112 valence electrons. The van der Waals surface area contributed by atoms with E-state index in [-0.39, 0.29) is 20.7 Å². The van der Waals surface area contributed by atoms with Gasteiger partial charge in [-0.1, -0.05) is 60.7 Å². The van der Waals surface area contributed by atoms with Crippen molar-refractivity contribution in [3.63, 3.8) is 0 Å². The van der Waals surface area contributed by atoms with Crippen LogP contribution in [0.1, 0.15) is 11.1 Å². The van der Waals surface area contributed by atoms with Crippen LogP contribution in [-0.4, -0.2) is 7.92 Å². The van der Waals surface area contributed by atoms with Gasteiger partial charge in [0.15, 0.2) is 0 Å². The van der Waals surface area contributed by atoms with Crippen molar-refractivity contribution in [2.75, 3.05) is 0 Å². The number of allylic oxidation sites excluding steroid dienone is 1. The number of ether oxygens (including phenoxy) is 2. The molecule has 0 N–H and O–H groups in total. The summed E-state index contributed by atoms with van der Waals surface area (Å²) in [7, 11) is 0. The molecule has 0 unspecified atom stereocenters. The Morgan fingerprint density at radius 3 is 2.00 bits per heavy atom. The van der Waals surface area contributed by atoms with E-state index < -0.39 is 0 Å². The predicted molar refractivity (Wildman–Crippen MR) is 98.1 cm³/mol. The average Bonchev–Trinajstić information content (AvgIpc) is 2.60. The Hall–Kier alpha value is -1.95. The zero-order valence-corrected chi connectivity index (χ0v) is 14.1. The third kappa shape index (κ3) is 4.53. The third-order valence-corrected chi connectivity index (χ3v) is 4.79. The number of benzene rings is 2. The first-order chi connectivity index (χ1) is 10.9. The molecular formula is C18H16INO2. The fourth-order valence-corrected chi connectivity index (χ4v) is 3.39. The average molecular weight is 405 g/mol. The molecule has 2 aromatic rings. The van der Waals surface area contributed by atoms with E-state index in [1.165, 1.54) is 0 Å². The maximum absolute atomic E-state index is 5.80. The first kappa shape index (κ1) is 15.0. The summed E-state index contributed by atoms with van der Waals surface area (Å²) in [5.74, 6) is 0.623. The quantitative estimate of drug-likeness (QED) is 0.691. The van der Waals surface area contributed by atoms with Crippen LogP contribution in [-0.2, 0) is 22.7 Å². The van der Waals surface area contributed by atoms with Crippen LogP contribution in [0.5, 0.6) is 0 Å². The summed E-state index contributed by atoms with van der Waals surface area (Å²) in [5, 5.41) is 0. The zero-order valence-electron chi connectivity index (χ0n) is 12.0. The number of halogens is 1. The van der Waals surface area contributed by atoms with Gasteiger partial charge in [0.25, 0.3) is 0 Å². The molecule has 0 spiro atoms. The lowest BCUT2D eigenvalue weighted by molar-refractivity contribution is 0.195. The summed E-state index contributed by atoms with van der Waals surface area (Å²) in [4.78, 5) is 4.46. The molecule has 3 rings (SSSR count). The van der Waals surface area contributed by atoms with E-state index >= 15 is 0 Å². The van der Waals surface area contributed by atoms with Crippen molar-refractivity contribution in [2.24, 2.45) is 4.99 Å². The minimum absolute atomic E-state index is 0.297. The monoisotopic (exact) mass is 405 g/mol. The summed E-state index contributed by atoms with van der Waals surface area (Å²) >= 11 is -0.297. The molecular weight excluding hydrogens is 389 g/mol. The lowest BCUT2D eigenvalue weighted by atomic mass is 10.2. The molecule has 1 heterocycles. The lowest BCUT2D eigenvalue weighted by Crippen LogP contribution is -2.03. The van der Waals surface area contributed by atoms with Crippen LogP contribution in [0, 0.1) is 0 Å². The van der Waals surface area contributed by atoms with E-state index in [1.807, 2.05) is 66.7 Å². The number of nitrogens with zero attached hydrogens (tertiary/aromatic N) is 1. The summed E-state index contributed by atoms with van der Waals surface area (Å²) in [6.45, 7) is 1.08. The van der Waals surface area contributed by atoms with Crippen LogP contribution < -0.4 is 0 Å². The molecule has 0 fully saturated rings. The van der Waals surface area contributed by atoms with Gasteiger partial charge in [-0.3, -0.25) is 0 Å². The van der Waals surface area contributed by atoms with Crippen LogP contribution in [0.2, 0.25) is 0 Å². The normalized spacial score (nSPS) is 13.6. The Bertz CT molecular complexity index is 649. The number of aliphatic imine (C=N–C) groups is 1. The molecule has 2 aromatic carbocycles. The Labute approximate surface area is 140 Å². The first-order valence-electron chi connectivity index (χ1n) is 6.99. The molecule has 0 atom stereocenters. The van der Waals surface area contributed by atoms with Crippen molar-refractivity contribution in [2.45, 2.75) is 13.2 Å². The highest BCUT2D eigenvalue weighted by Gasteiger charge is 2.06. The highest BCUT2D eigenvalue weighted by molar-refractivity contribution is 14.2. The van der Waals surface area contributed by atoms with Crippen molar-refractivity contribution in [3.05, 3.63) is 83.7 Å². The van der Waals surface area contributed by atoms with Gasteiger partial charge in [-0.2, -0.15) is 4.99 Å². The second-order valence-corrected chi connectivity index (χ2v) is 6.92. The van der Waals surface area contributed by atoms with E-state index in [2.05, 4.69) is 9.00 Å². The van der Waals surface area contributed by atoms with E-state index in [0.29, 0.717) is 19.1 Å². The molecule has 4 heteroatoms. The molecule has 3 nitrogen and oxygen atoms in total. The summed E-state index contributed by atoms with van der Waals surface area (Å²) in [6, 6.07) is 20.2. The van der Waals surface area contributed by atoms with Gasteiger partial charge >= 0.3 is 0 Å². The van der Waals surface area contributed by atoms with Crippen molar-refractivity contribution in [1.82, 2.24) is 0 Å².